The van der Waals surface area contributed by atoms with Crippen molar-refractivity contribution in [2.45, 2.75) is 77.9 Å². The van der Waals surface area contributed by atoms with Crippen molar-refractivity contribution in [1.82, 2.24) is 4.90 Å². The topological polar surface area (TPSA) is 40.2 Å². The minimum absolute atomic E-state index is 0.126. The Labute approximate surface area is 164 Å². The number of morpholine rings is 1. The van der Waals surface area contributed by atoms with E-state index in [9.17, 15) is 0 Å². The molecule has 0 bridgehead atoms. The number of rotatable bonds is 4. The lowest BCUT2D eigenvalue weighted by molar-refractivity contribution is -0.130. The smallest absolute Gasteiger partial charge is 0.497 e. The highest BCUT2D eigenvalue weighted by molar-refractivity contribution is 6.63. The molecule has 2 heterocycles. The van der Waals surface area contributed by atoms with Gasteiger partial charge in [-0.15, -0.1) is 0 Å². The largest absolute Gasteiger partial charge is 0.498 e. The average Bonchev–Trinajstić information content (AvgIpc) is 2.73. The predicted octanol–water partition coefficient (Wildman–Crippen LogP) is 2.99. The molecule has 3 rings (SSSR count). The fourth-order valence-electron chi connectivity index (χ4n) is 4.00. The zero-order valence-corrected chi connectivity index (χ0v) is 18.1. The highest BCUT2D eigenvalue weighted by Gasteiger charge is 2.52. The first-order valence-electron chi connectivity index (χ1n) is 9.85. The summed E-state index contributed by atoms with van der Waals surface area (Å²) in [5.74, 6) is 0.799. The van der Waals surface area contributed by atoms with Crippen molar-refractivity contribution in [1.29, 1.82) is 0 Å². The van der Waals surface area contributed by atoms with Gasteiger partial charge in [-0.2, -0.15) is 0 Å². The summed E-state index contributed by atoms with van der Waals surface area (Å²) < 4.78 is 24.1. The van der Waals surface area contributed by atoms with Gasteiger partial charge in [0.1, 0.15) is 5.75 Å². The van der Waals surface area contributed by atoms with Gasteiger partial charge in [-0.25, -0.2) is 0 Å². The molecule has 0 spiro atoms. The third-order valence-corrected chi connectivity index (χ3v) is 5.85. The number of hydrogen-bond donors (Lipinski definition) is 0. The molecule has 0 radical (unpaired) electrons. The monoisotopic (exact) mass is 375 g/mol. The van der Waals surface area contributed by atoms with E-state index in [1.165, 1.54) is 5.56 Å². The second-order valence-electron chi connectivity index (χ2n) is 9.52. The average molecular weight is 375 g/mol. The maximum atomic E-state index is 6.25. The molecule has 0 aliphatic carbocycles. The first-order chi connectivity index (χ1) is 12.4. The van der Waals surface area contributed by atoms with Crippen LogP contribution in [-0.4, -0.2) is 55.1 Å². The number of methoxy groups -OCH3 is 1. The van der Waals surface area contributed by atoms with Gasteiger partial charge < -0.3 is 18.8 Å². The zero-order valence-electron chi connectivity index (χ0n) is 18.1. The van der Waals surface area contributed by atoms with E-state index in [2.05, 4.69) is 65.5 Å². The van der Waals surface area contributed by atoms with Gasteiger partial charge in [-0.3, -0.25) is 4.90 Å². The molecule has 150 valence electrons. The molecule has 1 aromatic rings. The second kappa shape index (κ2) is 7.07. The minimum atomic E-state index is -0.426. The SMILES string of the molecule is COc1ccc(CN2CC(C)OC(C)(C)C2)cc1B1OC(C)(C)C(C)(C)O1. The Kier molecular flexibility index (Phi) is 5.41. The summed E-state index contributed by atoms with van der Waals surface area (Å²) in [5, 5.41) is 0. The molecule has 27 heavy (non-hydrogen) atoms. The summed E-state index contributed by atoms with van der Waals surface area (Å²) in [5.41, 5.74) is 1.31. The van der Waals surface area contributed by atoms with E-state index in [4.69, 9.17) is 18.8 Å². The van der Waals surface area contributed by atoms with Gasteiger partial charge >= 0.3 is 7.12 Å². The van der Waals surface area contributed by atoms with Crippen LogP contribution >= 0.6 is 0 Å². The lowest BCUT2D eigenvalue weighted by Gasteiger charge is -2.41. The molecule has 2 aliphatic heterocycles. The normalized spacial score (nSPS) is 27.0. The van der Waals surface area contributed by atoms with E-state index in [1.54, 1.807) is 7.11 Å². The van der Waals surface area contributed by atoms with Crippen molar-refractivity contribution < 1.29 is 18.8 Å². The second-order valence-corrected chi connectivity index (χ2v) is 9.52. The van der Waals surface area contributed by atoms with Crippen LogP contribution in [-0.2, 0) is 20.6 Å². The van der Waals surface area contributed by atoms with Gasteiger partial charge in [-0.05, 0) is 60.1 Å². The van der Waals surface area contributed by atoms with Crippen LogP contribution < -0.4 is 10.2 Å². The lowest BCUT2D eigenvalue weighted by Crippen LogP contribution is -2.51. The van der Waals surface area contributed by atoms with Crippen molar-refractivity contribution in [3.63, 3.8) is 0 Å². The van der Waals surface area contributed by atoms with Crippen molar-refractivity contribution in [2.24, 2.45) is 0 Å². The molecule has 0 N–H and O–H groups in total. The van der Waals surface area contributed by atoms with Gasteiger partial charge in [0.05, 0.1) is 30.0 Å². The van der Waals surface area contributed by atoms with Crippen LogP contribution in [0.4, 0.5) is 0 Å². The molecule has 0 saturated carbocycles. The van der Waals surface area contributed by atoms with Gasteiger partial charge in [0.2, 0.25) is 0 Å². The molecule has 0 amide bonds. The van der Waals surface area contributed by atoms with E-state index < -0.39 is 7.12 Å². The molecule has 2 saturated heterocycles. The Morgan fingerprint density at radius 1 is 1.11 bits per heavy atom. The van der Waals surface area contributed by atoms with Crippen molar-refractivity contribution in [3.8, 4) is 5.75 Å². The number of hydrogen-bond acceptors (Lipinski definition) is 5. The van der Waals surface area contributed by atoms with E-state index in [1.807, 2.05) is 6.07 Å². The molecule has 1 unspecified atom stereocenters. The van der Waals surface area contributed by atoms with Gasteiger partial charge in [0.15, 0.2) is 0 Å². The first kappa shape index (κ1) is 20.7. The van der Waals surface area contributed by atoms with Crippen LogP contribution in [0.5, 0.6) is 5.75 Å². The summed E-state index contributed by atoms with van der Waals surface area (Å²) in [6.45, 7) is 17.4. The van der Waals surface area contributed by atoms with Crippen LogP contribution in [0.1, 0.15) is 54.0 Å². The van der Waals surface area contributed by atoms with Crippen LogP contribution in [0.2, 0.25) is 0 Å². The standard InChI is InChI=1S/C21H34BNO4/c1-15-12-23(14-19(2,3)25-15)13-16-9-10-18(24-8)17(11-16)22-26-20(4,5)21(6,7)27-22/h9-11,15H,12-14H2,1-8H3. The van der Waals surface area contributed by atoms with Gasteiger partial charge in [0.25, 0.3) is 0 Å². The molecule has 2 fully saturated rings. The van der Waals surface area contributed by atoms with Crippen LogP contribution in [0.3, 0.4) is 0 Å². The van der Waals surface area contributed by atoms with Crippen molar-refractivity contribution >= 4 is 12.6 Å². The maximum absolute atomic E-state index is 6.25. The van der Waals surface area contributed by atoms with E-state index in [-0.39, 0.29) is 22.9 Å². The number of ether oxygens (including phenoxy) is 2. The molecule has 1 atom stereocenters. The van der Waals surface area contributed by atoms with Gasteiger partial charge in [0, 0.05) is 25.1 Å². The Balaban J connectivity index is 1.82. The summed E-state index contributed by atoms with van der Waals surface area (Å²) in [4.78, 5) is 2.45. The highest BCUT2D eigenvalue weighted by atomic mass is 16.7. The summed E-state index contributed by atoms with van der Waals surface area (Å²) in [6.07, 6.45) is 0.231. The quantitative estimate of drug-likeness (QED) is 0.757. The first-order valence-corrected chi connectivity index (χ1v) is 9.85. The lowest BCUT2D eigenvalue weighted by atomic mass is 9.77. The molecule has 0 aromatic heterocycles. The van der Waals surface area contributed by atoms with E-state index in [0.717, 1.165) is 30.8 Å². The Morgan fingerprint density at radius 3 is 2.30 bits per heavy atom. The van der Waals surface area contributed by atoms with Crippen LogP contribution in [0, 0.1) is 0 Å². The van der Waals surface area contributed by atoms with E-state index in [0.29, 0.717) is 0 Å². The Hall–Kier alpha value is -1.08. The summed E-state index contributed by atoms with van der Waals surface area (Å²) >= 11 is 0. The minimum Gasteiger partial charge on any atom is -0.497 e. The molecular formula is C21H34BNO4. The van der Waals surface area contributed by atoms with Gasteiger partial charge in [-0.1, -0.05) is 12.1 Å². The Morgan fingerprint density at radius 2 is 1.74 bits per heavy atom. The molecule has 1 aromatic carbocycles. The predicted molar refractivity (Wildman–Crippen MR) is 109 cm³/mol. The van der Waals surface area contributed by atoms with Crippen LogP contribution in [0.15, 0.2) is 18.2 Å². The molecule has 2 aliphatic rings. The van der Waals surface area contributed by atoms with Crippen LogP contribution in [0.25, 0.3) is 0 Å². The zero-order chi connectivity index (χ0) is 20.0. The summed E-state index contributed by atoms with van der Waals surface area (Å²) in [6, 6.07) is 6.31. The third kappa shape index (κ3) is 4.34. The van der Waals surface area contributed by atoms with Crippen molar-refractivity contribution in [3.05, 3.63) is 23.8 Å². The highest BCUT2D eigenvalue weighted by Crippen LogP contribution is 2.37. The molecule has 6 heteroatoms. The van der Waals surface area contributed by atoms with E-state index >= 15 is 0 Å². The molecular weight excluding hydrogens is 341 g/mol. The number of nitrogens with zero attached hydrogens (tertiary/aromatic N) is 1. The third-order valence-electron chi connectivity index (χ3n) is 5.85. The summed E-state index contributed by atoms with van der Waals surface area (Å²) in [7, 11) is 1.26. The Bertz CT molecular complexity index is 673. The molecule has 5 nitrogen and oxygen atoms in total. The fourth-order valence-corrected chi connectivity index (χ4v) is 4.00. The number of benzene rings is 1. The van der Waals surface area contributed by atoms with Crippen molar-refractivity contribution in [2.75, 3.05) is 20.2 Å². The maximum Gasteiger partial charge on any atom is 0.498 e. The fraction of sp³-hybridized carbons (Fsp3) is 0.714.